The van der Waals surface area contributed by atoms with E-state index in [1.54, 1.807) is 0 Å². The van der Waals surface area contributed by atoms with Crippen molar-refractivity contribution in [1.82, 2.24) is 5.32 Å². The van der Waals surface area contributed by atoms with E-state index in [1.165, 1.54) is 17.8 Å². The number of rotatable bonds is 4. The number of hydrogen-bond acceptors (Lipinski definition) is 2. The van der Waals surface area contributed by atoms with Gasteiger partial charge in [-0.3, -0.25) is 4.79 Å². The van der Waals surface area contributed by atoms with Crippen molar-refractivity contribution in [2.45, 2.75) is 44.0 Å². The van der Waals surface area contributed by atoms with Crippen LogP contribution in [0.25, 0.3) is 0 Å². The van der Waals surface area contributed by atoms with Crippen LogP contribution in [0.5, 0.6) is 0 Å². The van der Waals surface area contributed by atoms with Gasteiger partial charge in [0.2, 0.25) is 5.91 Å². The van der Waals surface area contributed by atoms with Crippen molar-refractivity contribution in [2.75, 3.05) is 5.75 Å². The van der Waals surface area contributed by atoms with Crippen LogP contribution in [-0.4, -0.2) is 17.7 Å². The molecule has 0 aliphatic heterocycles. The van der Waals surface area contributed by atoms with Gasteiger partial charge in [-0.25, -0.2) is 8.78 Å². The molecule has 0 heterocycles. The lowest BCUT2D eigenvalue weighted by Crippen LogP contribution is -2.34. The van der Waals surface area contributed by atoms with Gasteiger partial charge in [0.15, 0.2) is 11.6 Å². The van der Waals surface area contributed by atoms with Crippen molar-refractivity contribution in [1.29, 1.82) is 0 Å². The van der Waals surface area contributed by atoms with Gasteiger partial charge in [-0.05, 0) is 42.9 Å². The van der Waals surface area contributed by atoms with Gasteiger partial charge < -0.3 is 5.32 Å². The normalized spacial score (nSPS) is 20.9. The quantitative estimate of drug-likeness (QED) is 0.858. The van der Waals surface area contributed by atoms with Gasteiger partial charge >= 0.3 is 0 Å². The highest BCUT2D eigenvalue weighted by atomic mass is 32.2. The molecule has 2 rings (SSSR count). The third-order valence-corrected chi connectivity index (χ3v) is 4.59. The van der Waals surface area contributed by atoms with Crippen LogP contribution in [0.3, 0.4) is 0 Å². The molecule has 2 nitrogen and oxygen atoms in total. The van der Waals surface area contributed by atoms with Gasteiger partial charge in [-0.2, -0.15) is 0 Å². The number of amides is 1. The predicted octanol–water partition coefficient (Wildman–Crippen LogP) is 3.75. The molecule has 0 saturated heterocycles. The highest BCUT2D eigenvalue weighted by Crippen LogP contribution is 2.36. The Kier molecular flexibility index (Phi) is 4.68. The fourth-order valence-corrected chi connectivity index (χ4v) is 3.28. The Bertz CT molecular complexity index is 505. The second-order valence-electron chi connectivity index (χ2n) is 6.04. The summed E-state index contributed by atoms with van der Waals surface area (Å²) in [4.78, 5) is 12.4. The number of halogens is 2. The molecule has 1 atom stereocenters. The van der Waals surface area contributed by atoms with Crippen LogP contribution in [0.4, 0.5) is 8.78 Å². The molecule has 0 aromatic heterocycles. The number of benzene rings is 1. The summed E-state index contributed by atoms with van der Waals surface area (Å²) in [6.07, 6.45) is 3.12. The van der Waals surface area contributed by atoms with Gasteiger partial charge in [0.05, 0.1) is 5.75 Å². The summed E-state index contributed by atoms with van der Waals surface area (Å²) < 4.78 is 25.8. The van der Waals surface area contributed by atoms with Crippen molar-refractivity contribution in [3.05, 3.63) is 29.8 Å². The largest absolute Gasteiger partial charge is 0.353 e. The zero-order valence-corrected chi connectivity index (χ0v) is 12.5. The summed E-state index contributed by atoms with van der Waals surface area (Å²) in [5.41, 5.74) is 0.297. The summed E-state index contributed by atoms with van der Waals surface area (Å²) >= 11 is 1.22. The lowest BCUT2D eigenvalue weighted by atomic mass is 9.92. The highest BCUT2D eigenvalue weighted by Gasteiger charge is 2.31. The van der Waals surface area contributed by atoms with Gasteiger partial charge in [0.1, 0.15) is 0 Å². The van der Waals surface area contributed by atoms with E-state index >= 15 is 0 Å². The number of carbonyl (C=O) groups excluding carboxylic acids is 1. The molecule has 1 unspecified atom stereocenters. The Morgan fingerprint density at radius 2 is 2.15 bits per heavy atom. The van der Waals surface area contributed by atoms with E-state index in [0.717, 1.165) is 31.4 Å². The van der Waals surface area contributed by atoms with Gasteiger partial charge in [-0.1, -0.05) is 13.8 Å². The van der Waals surface area contributed by atoms with Gasteiger partial charge in [0, 0.05) is 10.9 Å². The van der Waals surface area contributed by atoms with E-state index in [0.29, 0.717) is 10.3 Å². The standard InChI is InChI=1S/C15H19F2NOS/c1-15(2)6-5-10(8-15)18-14(19)9-20-11-3-4-12(16)13(17)7-11/h3-4,7,10H,5-6,8-9H2,1-2H3,(H,18,19). The molecule has 1 aliphatic rings. The average Bonchev–Trinajstić information content (AvgIpc) is 2.70. The van der Waals surface area contributed by atoms with Crippen LogP contribution in [-0.2, 0) is 4.79 Å². The molecule has 1 aliphatic carbocycles. The lowest BCUT2D eigenvalue weighted by Gasteiger charge is -2.17. The van der Waals surface area contributed by atoms with E-state index < -0.39 is 11.6 Å². The third kappa shape index (κ3) is 4.20. The van der Waals surface area contributed by atoms with Crippen LogP contribution in [0.2, 0.25) is 0 Å². The van der Waals surface area contributed by atoms with Crippen LogP contribution in [0, 0.1) is 17.0 Å². The summed E-state index contributed by atoms with van der Waals surface area (Å²) in [6.45, 7) is 4.41. The molecule has 1 aromatic rings. The smallest absolute Gasteiger partial charge is 0.230 e. The van der Waals surface area contributed by atoms with Crippen LogP contribution >= 0.6 is 11.8 Å². The zero-order chi connectivity index (χ0) is 14.8. The van der Waals surface area contributed by atoms with E-state index in [4.69, 9.17) is 0 Å². The number of hydrogen-bond donors (Lipinski definition) is 1. The summed E-state index contributed by atoms with van der Waals surface area (Å²) in [5, 5.41) is 3.00. The Morgan fingerprint density at radius 3 is 2.75 bits per heavy atom. The molecule has 0 spiro atoms. The first-order chi connectivity index (χ1) is 9.35. The van der Waals surface area contributed by atoms with Gasteiger partial charge in [-0.15, -0.1) is 11.8 Å². The van der Waals surface area contributed by atoms with Crippen LogP contribution in [0.15, 0.2) is 23.1 Å². The minimum atomic E-state index is -0.882. The van der Waals surface area contributed by atoms with E-state index in [1.807, 2.05) is 0 Å². The lowest BCUT2D eigenvalue weighted by molar-refractivity contribution is -0.119. The first-order valence-electron chi connectivity index (χ1n) is 6.73. The summed E-state index contributed by atoms with van der Waals surface area (Å²) in [6, 6.07) is 3.92. The maximum absolute atomic E-state index is 13.0. The van der Waals surface area contributed by atoms with Crippen LogP contribution < -0.4 is 5.32 Å². The zero-order valence-electron chi connectivity index (χ0n) is 11.7. The number of thioether (sulfide) groups is 1. The highest BCUT2D eigenvalue weighted by molar-refractivity contribution is 8.00. The molecule has 1 aromatic carbocycles. The number of carbonyl (C=O) groups is 1. The monoisotopic (exact) mass is 299 g/mol. The molecular weight excluding hydrogens is 280 g/mol. The molecular formula is C15H19F2NOS. The summed E-state index contributed by atoms with van der Waals surface area (Å²) in [7, 11) is 0. The second kappa shape index (κ2) is 6.12. The van der Waals surface area contributed by atoms with Crippen molar-refractivity contribution in [3.63, 3.8) is 0 Å². The first kappa shape index (κ1) is 15.3. The minimum absolute atomic E-state index is 0.0533. The van der Waals surface area contributed by atoms with Crippen molar-refractivity contribution in [3.8, 4) is 0 Å². The van der Waals surface area contributed by atoms with E-state index in [-0.39, 0.29) is 17.7 Å². The molecule has 20 heavy (non-hydrogen) atoms. The van der Waals surface area contributed by atoms with Crippen LogP contribution in [0.1, 0.15) is 33.1 Å². The molecule has 0 radical (unpaired) electrons. The Labute approximate surface area is 122 Å². The Morgan fingerprint density at radius 1 is 1.40 bits per heavy atom. The third-order valence-electron chi connectivity index (χ3n) is 3.59. The number of nitrogens with one attached hydrogen (secondary N) is 1. The average molecular weight is 299 g/mol. The van der Waals surface area contributed by atoms with Gasteiger partial charge in [0.25, 0.3) is 0 Å². The minimum Gasteiger partial charge on any atom is -0.353 e. The predicted molar refractivity (Wildman–Crippen MR) is 76.6 cm³/mol. The second-order valence-corrected chi connectivity index (χ2v) is 7.08. The fourth-order valence-electron chi connectivity index (χ4n) is 2.54. The maximum atomic E-state index is 13.0. The summed E-state index contributed by atoms with van der Waals surface area (Å²) in [5.74, 6) is -1.58. The maximum Gasteiger partial charge on any atom is 0.230 e. The molecule has 5 heteroatoms. The molecule has 1 saturated carbocycles. The molecule has 110 valence electrons. The molecule has 1 N–H and O–H groups in total. The molecule has 0 bridgehead atoms. The van der Waals surface area contributed by atoms with E-state index in [2.05, 4.69) is 19.2 Å². The Balaban J connectivity index is 1.79. The van der Waals surface area contributed by atoms with Crippen molar-refractivity contribution in [2.24, 2.45) is 5.41 Å². The fraction of sp³-hybridized carbons (Fsp3) is 0.533. The van der Waals surface area contributed by atoms with Crippen molar-refractivity contribution >= 4 is 17.7 Å². The first-order valence-corrected chi connectivity index (χ1v) is 7.71. The molecule has 1 amide bonds. The van der Waals surface area contributed by atoms with E-state index in [9.17, 15) is 13.6 Å². The van der Waals surface area contributed by atoms with Crippen molar-refractivity contribution < 1.29 is 13.6 Å². The molecule has 1 fully saturated rings. The topological polar surface area (TPSA) is 29.1 Å². The SMILES string of the molecule is CC1(C)CCC(NC(=O)CSc2ccc(F)c(F)c2)C1. The Hall–Kier alpha value is -1.10.